The van der Waals surface area contributed by atoms with Gasteiger partial charge in [-0.2, -0.15) is 0 Å². The highest BCUT2D eigenvalue weighted by Gasteiger charge is 2.09. The van der Waals surface area contributed by atoms with Crippen molar-refractivity contribution in [3.05, 3.63) is 52.3 Å². The molecule has 20 heavy (non-hydrogen) atoms. The molecular weight excluding hydrogens is 299 g/mol. The van der Waals surface area contributed by atoms with Crippen molar-refractivity contribution < 1.29 is 9.15 Å². The Hall–Kier alpha value is -1.91. The monoisotopic (exact) mass is 308 g/mol. The molecule has 1 heterocycles. The third kappa shape index (κ3) is 2.53. The zero-order chi connectivity index (χ0) is 14.1. The topological polar surface area (TPSA) is 61.3 Å². The second kappa shape index (κ2) is 5.23. The number of nitrogens with zero attached hydrogens (tertiary/aromatic N) is 1. The van der Waals surface area contributed by atoms with Crippen LogP contribution in [-0.2, 0) is 6.61 Å². The second-order valence-electron chi connectivity index (χ2n) is 4.18. The van der Waals surface area contributed by atoms with Gasteiger partial charge in [0, 0.05) is 11.8 Å². The number of fused-ring (bicyclic) bond motifs is 1. The minimum atomic E-state index is 0.161. The summed E-state index contributed by atoms with van der Waals surface area (Å²) >= 11 is 11.9. The number of benzene rings is 2. The Morgan fingerprint density at radius 3 is 2.90 bits per heavy atom. The van der Waals surface area contributed by atoms with E-state index < -0.39 is 0 Å². The quantitative estimate of drug-likeness (QED) is 0.733. The largest absolute Gasteiger partial charge is 0.482 e. The van der Waals surface area contributed by atoms with Crippen molar-refractivity contribution in [2.45, 2.75) is 6.61 Å². The fourth-order valence-corrected chi connectivity index (χ4v) is 2.13. The molecule has 0 amide bonds. The lowest BCUT2D eigenvalue weighted by molar-refractivity contribution is 0.267. The Balaban J connectivity index is 1.81. The molecule has 0 aliphatic heterocycles. The third-order valence-corrected chi connectivity index (χ3v) is 3.53. The first-order valence-electron chi connectivity index (χ1n) is 5.85. The predicted octanol–water partition coefficient (Wildman–Crippen LogP) is 4.30. The smallest absolute Gasteiger partial charge is 0.233 e. The molecular formula is C14H10Cl2N2O2. The second-order valence-corrected chi connectivity index (χ2v) is 4.96. The minimum absolute atomic E-state index is 0.161. The fraction of sp³-hybridized carbons (Fsp3) is 0.0714. The van der Waals surface area contributed by atoms with Crippen molar-refractivity contribution in [1.82, 2.24) is 4.98 Å². The van der Waals surface area contributed by atoms with E-state index in [1.54, 1.807) is 36.4 Å². The van der Waals surface area contributed by atoms with Gasteiger partial charge in [0.25, 0.3) is 0 Å². The number of anilines is 1. The van der Waals surface area contributed by atoms with E-state index in [4.69, 9.17) is 38.1 Å². The zero-order valence-electron chi connectivity index (χ0n) is 10.3. The average Bonchev–Trinajstić information content (AvgIpc) is 2.82. The van der Waals surface area contributed by atoms with E-state index in [1.165, 1.54) is 0 Å². The van der Waals surface area contributed by atoms with Crippen LogP contribution in [0.4, 0.5) is 5.69 Å². The molecule has 0 radical (unpaired) electrons. The SMILES string of the molecule is Nc1ccc2nc(COc3cccc(Cl)c3Cl)oc2c1. The number of nitrogen functional groups attached to an aromatic ring is 1. The maximum Gasteiger partial charge on any atom is 0.233 e. The van der Waals surface area contributed by atoms with Crippen LogP contribution in [0, 0.1) is 0 Å². The van der Waals surface area contributed by atoms with Crippen molar-refractivity contribution in [2.75, 3.05) is 5.73 Å². The van der Waals surface area contributed by atoms with Crippen molar-refractivity contribution in [1.29, 1.82) is 0 Å². The minimum Gasteiger partial charge on any atom is -0.482 e. The van der Waals surface area contributed by atoms with Gasteiger partial charge in [-0.25, -0.2) is 4.98 Å². The van der Waals surface area contributed by atoms with E-state index in [9.17, 15) is 0 Å². The van der Waals surface area contributed by atoms with Crippen LogP contribution in [0.25, 0.3) is 11.1 Å². The van der Waals surface area contributed by atoms with E-state index >= 15 is 0 Å². The van der Waals surface area contributed by atoms with Crippen molar-refractivity contribution in [3.63, 3.8) is 0 Å². The van der Waals surface area contributed by atoms with Crippen LogP contribution in [0.5, 0.6) is 5.75 Å². The molecule has 0 unspecified atom stereocenters. The summed E-state index contributed by atoms with van der Waals surface area (Å²) in [6.45, 7) is 0.161. The van der Waals surface area contributed by atoms with Crippen molar-refractivity contribution in [2.24, 2.45) is 0 Å². The van der Waals surface area contributed by atoms with Gasteiger partial charge in [0.05, 0.1) is 5.02 Å². The third-order valence-electron chi connectivity index (χ3n) is 2.72. The zero-order valence-corrected chi connectivity index (χ0v) is 11.8. The molecule has 6 heteroatoms. The van der Waals surface area contributed by atoms with Gasteiger partial charge in [0.15, 0.2) is 12.2 Å². The molecule has 1 aromatic heterocycles. The Morgan fingerprint density at radius 2 is 2.05 bits per heavy atom. The first kappa shape index (κ1) is 13.1. The van der Waals surface area contributed by atoms with Crippen LogP contribution in [0.3, 0.4) is 0 Å². The summed E-state index contributed by atoms with van der Waals surface area (Å²) in [5.41, 5.74) is 7.66. The molecule has 2 N–H and O–H groups in total. The first-order chi connectivity index (χ1) is 9.63. The number of nitrogens with two attached hydrogens (primary N) is 1. The highest BCUT2D eigenvalue weighted by molar-refractivity contribution is 6.42. The van der Waals surface area contributed by atoms with Crippen LogP contribution in [-0.4, -0.2) is 4.98 Å². The van der Waals surface area contributed by atoms with Gasteiger partial charge < -0.3 is 14.9 Å². The number of aromatic nitrogens is 1. The van der Waals surface area contributed by atoms with Gasteiger partial charge in [-0.15, -0.1) is 0 Å². The van der Waals surface area contributed by atoms with Gasteiger partial charge >= 0.3 is 0 Å². The predicted molar refractivity (Wildman–Crippen MR) is 79.2 cm³/mol. The molecule has 0 saturated heterocycles. The molecule has 4 nitrogen and oxygen atoms in total. The molecule has 3 aromatic rings. The van der Waals surface area contributed by atoms with Crippen LogP contribution < -0.4 is 10.5 Å². The summed E-state index contributed by atoms with van der Waals surface area (Å²) in [7, 11) is 0. The van der Waals surface area contributed by atoms with E-state index in [2.05, 4.69) is 4.98 Å². The van der Waals surface area contributed by atoms with Crippen LogP contribution in [0.1, 0.15) is 5.89 Å². The van der Waals surface area contributed by atoms with Gasteiger partial charge in [-0.3, -0.25) is 0 Å². The number of hydrogen-bond donors (Lipinski definition) is 1. The summed E-state index contributed by atoms with van der Waals surface area (Å²) in [5.74, 6) is 0.933. The first-order valence-corrected chi connectivity index (χ1v) is 6.61. The maximum atomic E-state index is 6.03. The van der Waals surface area contributed by atoms with E-state index in [1.807, 2.05) is 0 Å². The molecule has 0 aliphatic rings. The Bertz CT molecular complexity index is 771. The molecule has 0 fully saturated rings. The van der Waals surface area contributed by atoms with Gasteiger partial charge in [-0.1, -0.05) is 29.3 Å². The van der Waals surface area contributed by atoms with Gasteiger partial charge in [-0.05, 0) is 24.3 Å². The van der Waals surface area contributed by atoms with Gasteiger partial charge in [0.2, 0.25) is 5.89 Å². The Morgan fingerprint density at radius 1 is 1.20 bits per heavy atom. The molecule has 0 spiro atoms. The lowest BCUT2D eigenvalue weighted by Gasteiger charge is -2.06. The van der Waals surface area contributed by atoms with Crippen molar-refractivity contribution in [3.8, 4) is 5.75 Å². The van der Waals surface area contributed by atoms with Gasteiger partial charge in [0.1, 0.15) is 16.3 Å². The summed E-state index contributed by atoms with van der Waals surface area (Å²) in [4.78, 5) is 4.30. The summed E-state index contributed by atoms with van der Waals surface area (Å²) in [5, 5.41) is 0.809. The van der Waals surface area contributed by atoms with Crippen LogP contribution in [0.15, 0.2) is 40.8 Å². The Kier molecular flexibility index (Phi) is 3.42. The molecule has 0 bridgehead atoms. The molecule has 2 aromatic carbocycles. The lowest BCUT2D eigenvalue weighted by Crippen LogP contribution is -1.96. The number of ether oxygens (including phenoxy) is 1. The van der Waals surface area contributed by atoms with E-state index in [0.717, 1.165) is 5.52 Å². The normalized spacial score (nSPS) is 10.9. The number of oxazole rings is 1. The molecule has 0 saturated carbocycles. The van der Waals surface area contributed by atoms with Crippen molar-refractivity contribution >= 4 is 40.0 Å². The number of halogens is 2. The molecule has 102 valence electrons. The maximum absolute atomic E-state index is 6.03. The molecule has 0 atom stereocenters. The van der Waals surface area contributed by atoms with Crippen LogP contribution >= 0.6 is 23.2 Å². The highest BCUT2D eigenvalue weighted by atomic mass is 35.5. The summed E-state index contributed by atoms with van der Waals surface area (Å²) < 4.78 is 11.1. The molecule has 3 rings (SSSR count). The summed E-state index contributed by atoms with van der Waals surface area (Å²) in [6.07, 6.45) is 0. The van der Waals surface area contributed by atoms with E-state index in [-0.39, 0.29) is 6.61 Å². The molecule has 0 aliphatic carbocycles. The Labute approximate surface area is 125 Å². The van der Waals surface area contributed by atoms with Crippen LogP contribution in [0.2, 0.25) is 10.0 Å². The summed E-state index contributed by atoms with van der Waals surface area (Å²) in [6, 6.07) is 10.5. The number of hydrogen-bond acceptors (Lipinski definition) is 4. The fourth-order valence-electron chi connectivity index (χ4n) is 1.79. The number of rotatable bonds is 3. The highest BCUT2D eigenvalue weighted by Crippen LogP contribution is 2.32. The average molecular weight is 309 g/mol. The lowest BCUT2D eigenvalue weighted by atomic mass is 10.3. The van der Waals surface area contributed by atoms with E-state index in [0.29, 0.717) is 33.0 Å². The standard InChI is InChI=1S/C14H10Cl2N2O2/c15-9-2-1-3-11(14(9)16)19-7-13-18-10-5-4-8(17)6-12(10)20-13/h1-6H,7,17H2.